The number of benzene rings is 3. The van der Waals surface area contributed by atoms with Crippen LogP contribution in [-0.2, 0) is 29.2 Å². The molecule has 34 heavy (non-hydrogen) atoms. The number of rotatable bonds is 9. The van der Waals surface area contributed by atoms with E-state index in [1.807, 2.05) is 72.8 Å². The molecule has 6 nitrogen and oxygen atoms in total. The molecule has 0 bridgehead atoms. The molecular weight excluding hydrogens is 426 g/mol. The lowest BCUT2D eigenvalue weighted by atomic mass is 10.1. The van der Waals surface area contributed by atoms with Gasteiger partial charge in [0.25, 0.3) is 0 Å². The zero-order valence-corrected chi connectivity index (χ0v) is 19.3. The molecule has 0 radical (unpaired) electrons. The molecule has 0 aliphatic carbocycles. The summed E-state index contributed by atoms with van der Waals surface area (Å²) in [5.74, 6) is 0.306. The lowest BCUT2D eigenvalue weighted by Crippen LogP contribution is -2.59. The minimum Gasteiger partial charge on any atom is -0.489 e. The van der Waals surface area contributed by atoms with Crippen LogP contribution in [0.4, 0.5) is 0 Å². The maximum Gasteiger partial charge on any atom is 0.241 e. The lowest BCUT2D eigenvalue weighted by Gasteiger charge is -2.40. The van der Waals surface area contributed by atoms with Crippen LogP contribution in [0.3, 0.4) is 0 Å². The summed E-state index contributed by atoms with van der Waals surface area (Å²) < 4.78 is 5.83. The second-order valence-electron chi connectivity index (χ2n) is 8.64. The number of carbonyl (C=O) groups excluding carboxylic acids is 2. The van der Waals surface area contributed by atoms with Gasteiger partial charge in [0.15, 0.2) is 0 Å². The predicted octanol–water partition coefficient (Wildman–Crippen LogP) is 3.40. The lowest BCUT2D eigenvalue weighted by molar-refractivity contribution is -0.142. The number of nitrogens with two attached hydrogens (primary N) is 1. The molecule has 4 rings (SSSR count). The van der Waals surface area contributed by atoms with Crippen LogP contribution in [0.2, 0.25) is 0 Å². The molecule has 1 heterocycles. The minimum atomic E-state index is -0.598. The van der Waals surface area contributed by atoms with Crippen LogP contribution in [0, 0.1) is 0 Å². The van der Waals surface area contributed by atoms with Gasteiger partial charge in [-0.2, -0.15) is 0 Å². The third kappa shape index (κ3) is 6.45. The highest BCUT2D eigenvalue weighted by atomic mass is 16.5. The third-order valence-corrected chi connectivity index (χ3v) is 6.16. The standard InChI is InChI=1S/C28H31N3O3/c29-28(33)26-20-30(19-23-7-3-1-4-8-23)17-18-31(26)27(32)16-13-22-11-14-25(15-12-22)34-21-24-9-5-2-6-10-24/h1-12,14-15,26H,13,16-21H2,(H2,29,33). The number of carbonyl (C=O) groups is 2. The summed E-state index contributed by atoms with van der Waals surface area (Å²) in [4.78, 5) is 28.9. The van der Waals surface area contributed by atoms with Crippen molar-refractivity contribution in [2.24, 2.45) is 5.73 Å². The van der Waals surface area contributed by atoms with E-state index in [-0.39, 0.29) is 5.91 Å². The van der Waals surface area contributed by atoms with Crippen LogP contribution < -0.4 is 10.5 Å². The fourth-order valence-electron chi connectivity index (χ4n) is 4.25. The number of nitrogens with zero attached hydrogens (tertiary/aromatic N) is 2. The minimum absolute atomic E-state index is 0.0347. The van der Waals surface area contributed by atoms with Crippen molar-refractivity contribution < 1.29 is 14.3 Å². The molecule has 3 aromatic carbocycles. The van der Waals surface area contributed by atoms with Gasteiger partial charge in [-0.15, -0.1) is 0 Å². The summed E-state index contributed by atoms with van der Waals surface area (Å²) in [7, 11) is 0. The molecule has 2 amide bonds. The molecule has 0 saturated carbocycles. The Morgan fingerprint density at radius 2 is 1.47 bits per heavy atom. The van der Waals surface area contributed by atoms with Gasteiger partial charge >= 0.3 is 0 Å². The Morgan fingerprint density at radius 3 is 2.12 bits per heavy atom. The number of amides is 2. The van der Waals surface area contributed by atoms with E-state index < -0.39 is 11.9 Å². The quantitative estimate of drug-likeness (QED) is 0.534. The number of aryl methyl sites for hydroxylation is 1. The largest absolute Gasteiger partial charge is 0.489 e. The first-order valence-corrected chi connectivity index (χ1v) is 11.7. The summed E-state index contributed by atoms with van der Waals surface area (Å²) in [6.45, 7) is 2.95. The number of ether oxygens (including phenoxy) is 1. The van der Waals surface area contributed by atoms with Crippen molar-refractivity contribution in [1.29, 1.82) is 0 Å². The van der Waals surface area contributed by atoms with Crippen LogP contribution in [0.15, 0.2) is 84.9 Å². The Balaban J connectivity index is 1.27. The molecule has 1 aliphatic rings. The van der Waals surface area contributed by atoms with Gasteiger partial charge in [-0.25, -0.2) is 0 Å². The Morgan fingerprint density at radius 1 is 0.824 bits per heavy atom. The van der Waals surface area contributed by atoms with Gasteiger partial charge in [-0.05, 0) is 35.2 Å². The van der Waals surface area contributed by atoms with Crippen LogP contribution in [0.1, 0.15) is 23.1 Å². The highest BCUT2D eigenvalue weighted by Gasteiger charge is 2.33. The second-order valence-corrected chi connectivity index (χ2v) is 8.64. The van der Waals surface area contributed by atoms with E-state index in [2.05, 4.69) is 17.0 Å². The first kappa shape index (κ1) is 23.5. The maximum atomic E-state index is 13.0. The Kier molecular flexibility index (Phi) is 7.94. The van der Waals surface area contributed by atoms with Crippen LogP contribution >= 0.6 is 0 Å². The number of primary amides is 1. The SMILES string of the molecule is NC(=O)C1CN(Cc2ccccc2)CCN1C(=O)CCc1ccc(OCc2ccccc2)cc1. The smallest absolute Gasteiger partial charge is 0.241 e. The highest BCUT2D eigenvalue weighted by Crippen LogP contribution is 2.18. The maximum absolute atomic E-state index is 13.0. The van der Waals surface area contributed by atoms with Crippen molar-refractivity contribution in [2.75, 3.05) is 19.6 Å². The summed E-state index contributed by atoms with van der Waals surface area (Å²) in [5, 5.41) is 0. The molecule has 6 heteroatoms. The molecule has 1 aliphatic heterocycles. The molecule has 1 unspecified atom stereocenters. The van der Waals surface area contributed by atoms with Crippen LogP contribution in [0.5, 0.6) is 5.75 Å². The van der Waals surface area contributed by atoms with E-state index in [0.29, 0.717) is 32.5 Å². The molecule has 1 atom stereocenters. The fourth-order valence-corrected chi connectivity index (χ4v) is 4.25. The van der Waals surface area contributed by atoms with Crippen molar-refractivity contribution >= 4 is 11.8 Å². The Bertz CT molecular complexity index is 1070. The average Bonchev–Trinajstić information content (AvgIpc) is 2.88. The van der Waals surface area contributed by atoms with Crippen LogP contribution in [-0.4, -0.2) is 47.3 Å². The van der Waals surface area contributed by atoms with Crippen molar-refractivity contribution in [1.82, 2.24) is 9.80 Å². The van der Waals surface area contributed by atoms with Gasteiger partial charge in [0, 0.05) is 32.6 Å². The van der Waals surface area contributed by atoms with Gasteiger partial charge in [0.05, 0.1) is 0 Å². The van der Waals surface area contributed by atoms with Gasteiger partial charge in [-0.1, -0.05) is 72.8 Å². The summed E-state index contributed by atoms with van der Waals surface area (Å²) in [6.07, 6.45) is 0.945. The fraction of sp³-hybridized carbons (Fsp3) is 0.286. The zero-order valence-electron chi connectivity index (χ0n) is 19.3. The number of hydrogen-bond donors (Lipinski definition) is 1. The predicted molar refractivity (Wildman–Crippen MR) is 132 cm³/mol. The first-order valence-electron chi connectivity index (χ1n) is 11.7. The zero-order chi connectivity index (χ0) is 23.8. The molecule has 1 fully saturated rings. The number of piperazine rings is 1. The Hall–Kier alpha value is -3.64. The van der Waals surface area contributed by atoms with Crippen molar-refractivity contribution in [2.45, 2.75) is 32.0 Å². The summed E-state index contributed by atoms with van der Waals surface area (Å²) in [6, 6.07) is 27.4. The van der Waals surface area contributed by atoms with E-state index in [4.69, 9.17) is 10.5 Å². The van der Waals surface area contributed by atoms with Crippen molar-refractivity contribution in [3.05, 3.63) is 102 Å². The highest BCUT2D eigenvalue weighted by molar-refractivity contribution is 5.87. The molecule has 1 saturated heterocycles. The molecule has 176 valence electrons. The van der Waals surface area contributed by atoms with E-state index in [9.17, 15) is 9.59 Å². The molecular formula is C28H31N3O3. The van der Waals surface area contributed by atoms with E-state index in [1.54, 1.807) is 4.90 Å². The van der Waals surface area contributed by atoms with Gasteiger partial charge in [-0.3, -0.25) is 14.5 Å². The normalized spacial score (nSPS) is 16.2. The molecule has 0 aromatic heterocycles. The molecule has 0 spiro atoms. The average molecular weight is 458 g/mol. The summed E-state index contributed by atoms with van der Waals surface area (Å²) in [5.41, 5.74) is 9.02. The van der Waals surface area contributed by atoms with Gasteiger partial charge < -0.3 is 15.4 Å². The van der Waals surface area contributed by atoms with Gasteiger partial charge in [0.2, 0.25) is 11.8 Å². The Labute approximate surface area is 200 Å². The first-order chi connectivity index (χ1) is 16.6. The van der Waals surface area contributed by atoms with Crippen molar-refractivity contribution in [3.63, 3.8) is 0 Å². The van der Waals surface area contributed by atoms with Crippen LogP contribution in [0.25, 0.3) is 0 Å². The molecule has 2 N–H and O–H groups in total. The summed E-state index contributed by atoms with van der Waals surface area (Å²) >= 11 is 0. The van der Waals surface area contributed by atoms with E-state index in [1.165, 1.54) is 5.56 Å². The third-order valence-electron chi connectivity index (χ3n) is 6.16. The number of hydrogen-bond acceptors (Lipinski definition) is 4. The topological polar surface area (TPSA) is 75.9 Å². The molecule has 3 aromatic rings. The van der Waals surface area contributed by atoms with Crippen molar-refractivity contribution in [3.8, 4) is 5.75 Å². The van der Waals surface area contributed by atoms with Gasteiger partial charge in [0.1, 0.15) is 18.4 Å². The van der Waals surface area contributed by atoms with E-state index in [0.717, 1.165) is 30.0 Å². The monoisotopic (exact) mass is 457 g/mol. The second kappa shape index (κ2) is 11.5. The van der Waals surface area contributed by atoms with E-state index >= 15 is 0 Å².